The molecule has 8 heteroatoms. The number of aromatic nitrogens is 2. The fourth-order valence-electron chi connectivity index (χ4n) is 2.78. The third-order valence-electron chi connectivity index (χ3n) is 4.48. The van der Waals surface area contributed by atoms with Crippen LogP contribution in [0.3, 0.4) is 0 Å². The zero-order chi connectivity index (χ0) is 18.9. The quantitative estimate of drug-likeness (QED) is 0.732. The van der Waals surface area contributed by atoms with E-state index < -0.39 is 14.6 Å². The molecule has 0 unspecified atom stereocenters. The zero-order valence-electron chi connectivity index (χ0n) is 15.2. The van der Waals surface area contributed by atoms with Gasteiger partial charge in [0.05, 0.1) is 16.6 Å². The molecule has 1 fully saturated rings. The molecule has 0 spiro atoms. The zero-order valence-corrected chi connectivity index (χ0v) is 17.6. The molecule has 0 atom stereocenters. The van der Waals surface area contributed by atoms with Crippen molar-refractivity contribution in [2.24, 2.45) is 0 Å². The second-order valence-electron chi connectivity index (χ2n) is 7.28. The molecule has 0 N–H and O–H groups in total. The maximum absolute atomic E-state index is 12.5. The summed E-state index contributed by atoms with van der Waals surface area (Å²) < 4.78 is 25.1. The van der Waals surface area contributed by atoms with Gasteiger partial charge in [-0.25, -0.2) is 18.4 Å². The number of halogens is 1. The van der Waals surface area contributed by atoms with E-state index in [2.05, 4.69) is 35.7 Å². The van der Waals surface area contributed by atoms with Crippen LogP contribution in [0.1, 0.15) is 20.8 Å². The van der Waals surface area contributed by atoms with Crippen molar-refractivity contribution in [3.8, 4) is 0 Å². The van der Waals surface area contributed by atoms with Crippen LogP contribution in [0.5, 0.6) is 0 Å². The van der Waals surface area contributed by atoms with Crippen LogP contribution < -0.4 is 9.80 Å². The van der Waals surface area contributed by atoms with E-state index in [9.17, 15) is 8.42 Å². The summed E-state index contributed by atoms with van der Waals surface area (Å²) in [6.45, 7) is 8.46. The van der Waals surface area contributed by atoms with Crippen LogP contribution in [0.4, 0.5) is 11.5 Å². The lowest BCUT2D eigenvalue weighted by molar-refractivity contribution is 0.556. The van der Waals surface area contributed by atoms with Crippen molar-refractivity contribution in [2.45, 2.75) is 30.5 Å². The molecule has 0 amide bonds. The monoisotopic (exact) mass is 438 g/mol. The summed E-state index contributed by atoms with van der Waals surface area (Å²) >= 11 is 3.40. The first-order chi connectivity index (χ1) is 12.2. The van der Waals surface area contributed by atoms with Gasteiger partial charge in [0.25, 0.3) is 0 Å². The van der Waals surface area contributed by atoms with E-state index >= 15 is 0 Å². The van der Waals surface area contributed by atoms with E-state index in [-0.39, 0.29) is 5.03 Å². The Morgan fingerprint density at radius 2 is 1.58 bits per heavy atom. The van der Waals surface area contributed by atoms with E-state index in [0.29, 0.717) is 0 Å². The molecule has 3 rings (SSSR count). The van der Waals surface area contributed by atoms with Crippen LogP contribution in [0.25, 0.3) is 0 Å². The molecule has 2 aromatic heterocycles. The Balaban J connectivity index is 1.67. The number of sulfone groups is 1. The summed E-state index contributed by atoms with van der Waals surface area (Å²) in [6, 6.07) is 7.46. The molecule has 26 heavy (non-hydrogen) atoms. The summed E-state index contributed by atoms with van der Waals surface area (Å²) in [5.74, 6) is 0.970. The van der Waals surface area contributed by atoms with Crippen molar-refractivity contribution >= 4 is 37.3 Å². The second kappa shape index (κ2) is 7.15. The van der Waals surface area contributed by atoms with Crippen molar-refractivity contribution in [3.63, 3.8) is 0 Å². The Kier molecular flexibility index (Phi) is 5.25. The normalized spacial score (nSPS) is 16.0. The molecule has 0 aromatic carbocycles. The van der Waals surface area contributed by atoms with Gasteiger partial charge in [-0.3, -0.25) is 0 Å². The van der Waals surface area contributed by atoms with Crippen molar-refractivity contribution in [2.75, 3.05) is 36.0 Å². The first kappa shape index (κ1) is 19.1. The summed E-state index contributed by atoms with van der Waals surface area (Å²) in [5, 5.41) is 0.131. The van der Waals surface area contributed by atoms with E-state index in [1.165, 1.54) is 0 Å². The highest BCUT2D eigenvalue weighted by Crippen LogP contribution is 2.25. The van der Waals surface area contributed by atoms with E-state index in [4.69, 9.17) is 0 Å². The number of pyridine rings is 2. The fourth-order valence-corrected chi connectivity index (χ4v) is 4.08. The second-order valence-corrected chi connectivity index (χ2v) is 10.8. The number of hydrogen-bond donors (Lipinski definition) is 0. The molecule has 0 saturated carbocycles. The van der Waals surface area contributed by atoms with Gasteiger partial charge in [0.2, 0.25) is 0 Å². The van der Waals surface area contributed by atoms with Gasteiger partial charge in [-0.1, -0.05) is 0 Å². The molecule has 1 saturated heterocycles. The molecule has 0 radical (unpaired) electrons. The van der Waals surface area contributed by atoms with Gasteiger partial charge in [0.1, 0.15) is 5.82 Å². The molecule has 1 aliphatic heterocycles. The molecule has 1 aliphatic rings. The smallest absolute Gasteiger partial charge is 0.200 e. The number of rotatable bonds is 3. The third kappa shape index (κ3) is 3.86. The maximum atomic E-state index is 12.5. The highest BCUT2D eigenvalue weighted by atomic mass is 79.9. The average molecular weight is 439 g/mol. The van der Waals surface area contributed by atoms with Gasteiger partial charge in [0.15, 0.2) is 14.9 Å². The minimum Gasteiger partial charge on any atom is -0.367 e. The molecule has 6 nitrogen and oxygen atoms in total. The molecule has 3 heterocycles. The van der Waals surface area contributed by atoms with E-state index in [1.54, 1.807) is 39.2 Å². The Morgan fingerprint density at radius 1 is 0.923 bits per heavy atom. The molecule has 0 bridgehead atoms. The predicted octanol–water partition coefficient (Wildman–Crippen LogP) is 3.14. The van der Waals surface area contributed by atoms with Gasteiger partial charge >= 0.3 is 0 Å². The fraction of sp³-hybridized carbons (Fsp3) is 0.444. The number of anilines is 2. The van der Waals surface area contributed by atoms with Crippen molar-refractivity contribution in [1.29, 1.82) is 0 Å². The van der Waals surface area contributed by atoms with E-state index in [0.717, 1.165) is 42.2 Å². The standard InChI is InChI=1S/C18H23BrN4O2S/c1-18(2,3)26(24,25)17-7-5-15(13-21-17)22-8-10-23(11-9-22)16-6-4-14(19)12-20-16/h4-7,12-13H,8-11H2,1-3H3. The first-order valence-corrected chi connectivity index (χ1v) is 10.8. The Bertz CT molecular complexity index is 854. The Morgan fingerprint density at radius 3 is 2.08 bits per heavy atom. The lowest BCUT2D eigenvalue weighted by Crippen LogP contribution is -2.46. The number of piperazine rings is 1. The van der Waals surface area contributed by atoms with E-state index in [1.807, 2.05) is 18.2 Å². The Labute approximate surface area is 163 Å². The number of hydrogen-bond acceptors (Lipinski definition) is 6. The minimum atomic E-state index is -3.42. The minimum absolute atomic E-state index is 0.131. The van der Waals surface area contributed by atoms with Crippen LogP contribution in [0.15, 0.2) is 46.2 Å². The summed E-state index contributed by atoms with van der Waals surface area (Å²) in [5.41, 5.74) is 0.946. The lowest BCUT2D eigenvalue weighted by Gasteiger charge is -2.36. The van der Waals surface area contributed by atoms with Crippen LogP contribution in [0.2, 0.25) is 0 Å². The summed E-state index contributed by atoms with van der Waals surface area (Å²) in [7, 11) is -3.42. The third-order valence-corrected chi connectivity index (χ3v) is 7.36. The van der Waals surface area contributed by atoms with Gasteiger partial charge in [-0.05, 0) is 61.0 Å². The molecule has 0 aliphatic carbocycles. The largest absolute Gasteiger partial charge is 0.367 e. The lowest BCUT2D eigenvalue weighted by atomic mass is 10.2. The maximum Gasteiger partial charge on any atom is 0.200 e. The summed E-state index contributed by atoms with van der Waals surface area (Å²) in [4.78, 5) is 13.1. The van der Waals surface area contributed by atoms with Crippen LogP contribution in [-0.4, -0.2) is 49.3 Å². The van der Waals surface area contributed by atoms with Gasteiger partial charge < -0.3 is 9.80 Å². The van der Waals surface area contributed by atoms with Crippen LogP contribution in [-0.2, 0) is 9.84 Å². The van der Waals surface area contributed by atoms with Gasteiger partial charge in [0, 0.05) is 36.8 Å². The SMILES string of the molecule is CC(C)(C)S(=O)(=O)c1ccc(N2CCN(c3ccc(Br)cn3)CC2)cn1. The average Bonchev–Trinajstić information content (AvgIpc) is 2.62. The van der Waals surface area contributed by atoms with Gasteiger partial charge in [-0.2, -0.15) is 0 Å². The number of nitrogens with zero attached hydrogens (tertiary/aromatic N) is 4. The molecular formula is C18H23BrN4O2S. The van der Waals surface area contributed by atoms with Crippen molar-refractivity contribution in [1.82, 2.24) is 9.97 Å². The summed E-state index contributed by atoms with van der Waals surface area (Å²) in [6.07, 6.45) is 3.46. The molecule has 2 aromatic rings. The van der Waals surface area contributed by atoms with Crippen LogP contribution in [0, 0.1) is 0 Å². The molecule has 140 valence electrons. The highest BCUT2D eigenvalue weighted by molar-refractivity contribution is 9.10. The highest BCUT2D eigenvalue weighted by Gasteiger charge is 2.32. The van der Waals surface area contributed by atoms with Crippen molar-refractivity contribution < 1.29 is 8.42 Å². The first-order valence-electron chi connectivity index (χ1n) is 8.51. The van der Waals surface area contributed by atoms with Gasteiger partial charge in [-0.15, -0.1) is 0 Å². The topological polar surface area (TPSA) is 66.4 Å². The van der Waals surface area contributed by atoms with Crippen LogP contribution >= 0.6 is 15.9 Å². The Hall–Kier alpha value is -1.67. The molecular weight excluding hydrogens is 416 g/mol. The van der Waals surface area contributed by atoms with Crippen molar-refractivity contribution in [3.05, 3.63) is 41.1 Å². The predicted molar refractivity (Wildman–Crippen MR) is 108 cm³/mol.